The summed E-state index contributed by atoms with van der Waals surface area (Å²) in [7, 11) is 0. The second-order valence-corrected chi connectivity index (χ2v) is 10.1. The minimum Gasteiger partial charge on any atom is -0.548 e. The number of carboxylic acid groups (broad SMARTS) is 2. The van der Waals surface area contributed by atoms with Crippen LogP contribution >= 0.6 is 23.5 Å². The van der Waals surface area contributed by atoms with Crippen molar-refractivity contribution >= 4 is 35.5 Å². The van der Waals surface area contributed by atoms with E-state index >= 15 is 0 Å². The molecule has 33 heavy (non-hydrogen) atoms. The van der Waals surface area contributed by atoms with Crippen LogP contribution < -0.4 is 20.8 Å². The Morgan fingerprint density at radius 3 is 1.33 bits per heavy atom. The molecule has 15 heteroatoms. The first kappa shape index (κ1) is 32.9. The number of carbonyl (C=O) groups is 2. The Morgan fingerprint density at radius 2 is 1.12 bits per heavy atom. The van der Waals surface area contributed by atoms with E-state index in [0.717, 1.165) is 0 Å². The minimum atomic E-state index is -1.20. The van der Waals surface area contributed by atoms with Crippen LogP contribution in [0.5, 0.6) is 0 Å². The topological polar surface area (TPSA) is 226 Å². The van der Waals surface area contributed by atoms with Gasteiger partial charge in [-0.1, -0.05) is 13.8 Å². The van der Waals surface area contributed by atoms with E-state index in [1.165, 1.54) is 23.5 Å². The summed E-state index contributed by atoms with van der Waals surface area (Å²) in [5, 5.41) is 81.5. The van der Waals surface area contributed by atoms with E-state index in [4.69, 9.17) is 10.2 Å². The number of aliphatic carboxylic acids is 2. The molecule has 10 unspecified atom stereocenters. The number of nitrogens with one attached hydrogen (secondary N) is 2. The maximum Gasteiger partial charge on any atom is 2.00 e. The molecule has 0 radical (unpaired) electrons. The largest absolute Gasteiger partial charge is 2.00 e. The van der Waals surface area contributed by atoms with Crippen LogP contribution in [0.4, 0.5) is 0 Å². The first-order valence-electron chi connectivity index (χ1n) is 10.1. The predicted octanol–water partition coefficient (Wildman–Crippen LogP) is -5.77. The number of carbonyl (C=O) groups excluding carboxylic acids is 2. The van der Waals surface area contributed by atoms with E-state index in [-0.39, 0.29) is 19.5 Å². The van der Waals surface area contributed by atoms with Crippen molar-refractivity contribution in [3.05, 3.63) is 0 Å². The molecule has 0 bridgehead atoms. The molecule has 188 valence electrons. The number of thioether (sulfide) groups is 2. The Bertz CT molecular complexity index is 561. The molecule has 0 aromatic carbocycles. The van der Waals surface area contributed by atoms with Crippen LogP contribution in [0.15, 0.2) is 0 Å². The van der Waals surface area contributed by atoms with Gasteiger partial charge in [-0.05, 0) is 0 Å². The number of aliphatic hydroxyl groups is 6. The zero-order valence-electron chi connectivity index (χ0n) is 18.4. The summed E-state index contributed by atoms with van der Waals surface area (Å²) in [5.41, 5.74) is 0. The van der Waals surface area contributed by atoms with Crippen molar-refractivity contribution in [2.45, 2.75) is 61.1 Å². The quantitative estimate of drug-likeness (QED) is 0.115. The van der Waals surface area contributed by atoms with Gasteiger partial charge in [0.1, 0.15) is 0 Å². The van der Waals surface area contributed by atoms with Gasteiger partial charge in [-0.15, -0.1) is 23.5 Å². The summed E-state index contributed by atoms with van der Waals surface area (Å²) >= 11 is 2.54. The van der Waals surface area contributed by atoms with Crippen LogP contribution in [0.2, 0.25) is 0 Å². The molecule has 2 fully saturated rings. The molecule has 0 spiro atoms. The molecular formula is C18H32N2O10S2Zn. The van der Waals surface area contributed by atoms with Gasteiger partial charge in [0.05, 0.1) is 72.4 Å². The third-order valence-corrected chi connectivity index (χ3v) is 8.07. The van der Waals surface area contributed by atoms with E-state index in [1.54, 1.807) is 13.8 Å². The van der Waals surface area contributed by atoms with Crippen LogP contribution in [-0.4, -0.2) is 115 Å². The molecule has 0 aromatic rings. The van der Waals surface area contributed by atoms with E-state index in [2.05, 4.69) is 10.6 Å². The van der Waals surface area contributed by atoms with Crippen molar-refractivity contribution in [1.82, 2.24) is 10.6 Å². The molecule has 0 aliphatic carbocycles. The molecule has 0 amide bonds. The molecule has 2 saturated heterocycles. The van der Waals surface area contributed by atoms with Crippen LogP contribution in [0.25, 0.3) is 0 Å². The maximum absolute atomic E-state index is 10.6. The van der Waals surface area contributed by atoms with E-state index < -0.39 is 84.2 Å². The first-order valence-corrected chi connectivity index (χ1v) is 12.1. The number of carboxylic acids is 2. The Kier molecular flexibility index (Phi) is 15.8. The van der Waals surface area contributed by atoms with Crippen molar-refractivity contribution in [1.29, 1.82) is 0 Å². The number of aliphatic hydroxyl groups excluding tert-OH is 6. The summed E-state index contributed by atoms with van der Waals surface area (Å²) in [6.45, 7) is 2.33. The first-order chi connectivity index (χ1) is 14.9. The summed E-state index contributed by atoms with van der Waals surface area (Å²) in [6.07, 6.45) is -3.87. The van der Waals surface area contributed by atoms with E-state index in [0.29, 0.717) is 11.5 Å². The summed E-state index contributed by atoms with van der Waals surface area (Å²) in [4.78, 5) is 21.1. The zero-order chi connectivity index (χ0) is 24.6. The summed E-state index contributed by atoms with van der Waals surface area (Å²) in [6, 6.07) is -1.55. The molecule has 10 atom stereocenters. The monoisotopic (exact) mass is 564 g/mol. The average Bonchev–Trinajstić information content (AvgIpc) is 3.46. The van der Waals surface area contributed by atoms with Gasteiger partial charge in [0.15, 0.2) is 0 Å². The third-order valence-electron chi connectivity index (χ3n) is 5.47. The molecule has 2 rings (SSSR count). The molecule has 2 aliphatic rings. The maximum atomic E-state index is 10.6. The van der Waals surface area contributed by atoms with Crippen LogP contribution in [-0.2, 0) is 29.1 Å². The normalized spacial score (nSPS) is 30.1. The van der Waals surface area contributed by atoms with Crippen molar-refractivity contribution in [2.75, 3.05) is 24.7 Å². The van der Waals surface area contributed by atoms with Gasteiger partial charge in [-0.25, -0.2) is 0 Å². The Labute approximate surface area is 213 Å². The van der Waals surface area contributed by atoms with Crippen molar-refractivity contribution < 1.29 is 69.9 Å². The van der Waals surface area contributed by atoms with Gasteiger partial charge in [-0.3, -0.25) is 10.6 Å². The summed E-state index contributed by atoms with van der Waals surface area (Å²) in [5.74, 6) is -2.81. The Hall–Kier alpha value is -0.0566. The second kappa shape index (κ2) is 15.8. The molecule has 0 saturated carbocycles. The molecule has 2 aliphatic heterocycles. The molecular weight excluding hydrogens is 534 g/mol. The summed E-state index contributed by atoms with van der Waals surface area (Å²) < 4.78 is 0. The molecule has 8 N–H and O–H groups in total. The Morgan fingerprint density at radius 1 is 0.818 bits per heavy atom. The SMILES string of the molecule is CC(C(O)CO)C(O)C1NC(C(=O)[O-])CS1.CC(C(O)CO)C(O)C1NC(C(=O)[O-])CS1.[Zn+2]. The van der Waals surface area contributed by atoms with Crippen LogP contribution in [0.3, 0.4) is 0 Å². The van der Waals surface area contributed by atoms with Gasteiger partial charge in [-0.2, -0.15) is 0 Å². The van der Waals surface area contributed by atoms with Gasteiger partial charge in [0.2, 0.25) is 0 Å². The van der Waals surface area contributed by atoms with Crippen molar-refractivity contribution in [3.63, 3.8) is 0 Å². The van der Waals surface area contributed by atoms with E-state index in [9.17, 15) is 40.2 Å². The number of rotatable bonds is 10. The molecule has 12 nitrogen and oxygen atoms in total. The predicted molar refractivity (Wildman–Crippen MR) is 113 cm³/mol. The Balaban J connectivity index is 0.000000602. The number of hydrogen-bond acceptors (Lipinski definition) is 14. The fourth-order valence-corrected chi connectivity index (χ4v) is 5.67. The second-order valence-electron chi connectivity index (χ2n) is 7.78. The fraction of sp³-hybridized carbons (Fsp3) is 0.889. The fourth-order valence-electron chi connectivity index (χ4n) is 2.99. The zero-order valence-corrected chi connectivity index (χ0v) is 23.0. The third kappa shape index (κ3) is 9.84. The van der Waals surface area contributed by atoms with Gasteiger partial charge < -0.3 is 50.4 Å². The van der Waals surface area contributed by atoms with Crippen LogP contribution in [0, 0.1) is 11.8 Å². The van der Waals surface area contributed by atoms with Crippen LogP contribution in [0.1, 0.15) is 13.8 Å². The van der Waals surface area contributed by atoms with Gasteiger partial charge in [0.25, 0.3) is 0 Å². The smallest absolute Gasteiger partial charge is 0.548 e. The van der Waals surface area contributed by atoms with Gasteiger partial charge >= 0.3 is 19.5 Å². The van der Waals surface area contributed by atoms with Gasteiger partial charge in [0, 0.05) is 23.3 Å². The standard InChI is InChI=1S/2C9H17NO5S.Zn/c2*1-4(6(12)2-11)7(13)8-10-5(3-16-8)9(14)15;/h2*4-8,10-13H,2-3H2,1H3,(H,14,15);/q;;+2/p-2. The average molecular weight is 566 g/mol. The van der Waals surface area contributed by atoms with Crippen molar-refractivity contribution in [3.8, 4) is 0 Å². The van der Waals surface area contributed by atoms with E-state index in [1.807, 2.05) is 0 Å². The number of hydrogen-bond donors (Lipinski definition) is 8. The minimum absolute atomic E-state index is 0. The molecule has 2 heterocycles. The van der Waals surface area contributed by atoms with Crippen molar-refractivity contribution in [2.24, 2.45) is 11.8 Å². The molecule has 0 aromatic heterocycles.